The van der Waals surface area contributed by atoms with E-state index in [-0.39, 0.29) is 6.04 Å². The van der Waals surface area contributed by atoms with Crippen LogP contribution in [0.4, 0.5) is 0 Å². The molecule has 0 aliphatic carbocycles. The van der Waals surface area contributed by atoms with E-state index in [1.807, 2.05) is 11.8 Å². The third-order valence-corrected chi connectivity index (χ3v) is 4.71. The molecule has 2 rings (SSSR count). The highest BCUT2D eigenvalue weighted by atomic mass is 32.2. The minimum atomic E-state index is 0.177. The molecule has 2 saturated heterocycles. The Morgan fingerprint density at radius 3 is 2.88 bits per heavy atom. The number of nitrogens with zero attached hydrogens (tertiary/aromatic N) is 1. The number of likely N-dealkylation sites (tertiary alicyclic amines) is 1. The number of hydrogen-bond acceptors (Lipinski definition) is 4. The molecule has 0 radical (unpaired) electrons. The average molecular weight is 242 g/mol. The quantitative estimate of drug-likeness (QED) is 0.733. The number of rotatable bonds is 5. The number of carbonyl (C=O) groups is 1. The Balaban J connectivity index is 1.71. The van der Waals surface area contributed by atoms with Crippen LogP contribution in [0.25, 0.3) is 0 Å². The normalized spacial score (nSPS) is 29.1. The van der Waals surface area contributed by atoms with E-state index in [2.05, 4.69) is 10.2 Å². The SMILES string of the molecule is O=CC(CCC1CSCCN1)N1CCCC1. The van der Waals surface area contributed by atoms with Crippen LogP contribution in [0.3, 0.4) is 0 Å². The Hall–Kier alpha value is -0.0600. The molecular formula is C12H22N2OS. The van der Waals surface area contributed by atoms with Gasteiger partial charge in [-0.15, -0.1) is 0 Å². The molecule has 2 aliphatic rings. The Morgan fingerprint density at radius 1 is 1.44 bits per heavy atom. The summed E-state index contributed by atoms with van der Waals surface area (Å²) in [5.41, 5.74) is 0. The molecule has 1 N–H and O–H groups in total. The number of hydrogen-bond donors (Lipinski definition) is 1. The van der Waals surface area contributed by atoms with Gasteiger partial charge in [0.05, 0.1) is 6.04 Å². The lowest BCUT2D eigenvalue weighted by Gasteiger charge is -2.27. The van der Waals surface area contributed by atoms with Crippen molar-refractivity contribution in [3.05, 3.63) is 0 Å². The van der Waals surface area contributed by atoms with Crippen LogP contribution in [0.5, 0.6) is 0 Å². The molecule has 2 aliphatic heterocycles. The second kappa shape index (κ2) is 6.62. The number of nitrogens with one attached hydrogen (secondary N) is 1. The Kier molecular flexibility index (Phi) is 5.13. The van der Waals surface area contributed by atoms with Crippen molar-refractivity contribution in [2.24, 2.45) is 0 Å². The van der Waals surface area contributed by atoms with Gasteiger partial charge in [0.15, 0.2) is 0 Å². The number of thioether (sulfide) groups is 1. The fourth-order valence-corrected chi connectivity index (χ4v) is 3.58. The number of aldehydes is 1. The lowest BCUT2D eigenvalue weighted by atomic mass is 10.1. The van der Waals surface area contributed by atoms with Crippen LogP contribution in [0.15, 0.2) is 0 Å². The third kappa shape index (κ3) is 3.47. The molecule has 4 heteroatoms. The van der Waals surface area contributed by atoms with Crippen LogP contribution in [-0.2, 0) is 4.79 Å². The molecule has 92 valence electrons. The van der Waals surface area contributed by atoms with Gasteiger partial charge in [0.2, 0.25) is 0 Å². The predicted octanol–water partition coefficient (Wildman–Crippen LogP) is 1.13. The first-order valence-electron chi connectivity index (χ1n) is 6.40. The highest BCUT2D eigenvalue weighted by Crippen LogP contribution is 2.17. The maximum Gasteiger partial charge on any atom is 0.137 e. The molecule has 2 fully saturated rings. The summed E-state index contributed by atoms with van der Waals surface area (Å²) in [6.45, 7) is 3.37. The number of carbonyl (C=O) groups excluding carboxylic acids is 1. The highest BCUT2D eigenvalue weighted by molar-refractivity contribution is 7.99. The first-order chi connectivity index (χ1) is 7.90. The highest BCUT2D eigenvalue weighted by Gasteiger charge is 2.22. The van der Waals surface area contributed by atoms with Gasteiger partial charge in [0.1, 0.15) is 6.29 Å². The van der Waals surface area contributed by atoms with E-state index in [0.717, 1.165) is 38.8 Å². The van der Waals surface area contributed by atoms with Gasteiger partial charge in [-0.3, -0.25) is 4.90 Å². The molecule has 0 spiro atoms. The van der Waals surface area contributed by atoms with Gasteiger partial charge in [-0.05, 0) is 38.8 Å². The van der Waals surface area contributed by atoms with Crippen molar-refractivity contribution in [2.45, 2.75) is 37.8 Å². The van der Waals surface area contributed by atoms with Gasteiger partial charge in [-0.2, -0.15) is 11.8 Å². The smallest absolute Gasteiger partial charge is 0.137 e. The molecule has 0 aromatic carbocycles. The monoisotopic (exact) mass is 242 g/mol. The van der Waals surface area contributed by atoms with E-state index in [0.29, 0.717) is 6.04 Å². The molecule has 0 aromatic heterocycles. The van der Waals surface area contributed by atoms with E-state index >= 15 is 0 Å². The van der Waals surface area contributed by atoms with Gasteiger partial charge in [-0.25, -0.2) is 0 Å². The van der Waals surface area contributed by atoms with Crippen LogP contribution < -0.4 is 5.32 Å². The minimum absolute atomic E-state index is 0.177. The first-order valence-corrected chi connectivity index (χ1v) is 7.56. The summed E-state index contributed by atoms with van der Waals surface area (Å²) in [5, 5.41) is 3.53. The first kappa shape index (κ1) is 12.4. The molecule has 0 aromatic rings. The summed E-state index contributed by atoms with van der Waals surface area (Å²) in [6.07, 6.45) is 5.86. The summed E-state index contributed by atoms with van der Waals surface area (Å²) in [4.78, 5) is 13.4. The second-order valence-corrected chi connectivity index (χ2v) is 5.90. The van der Waals surface area contributed by atoms with E-state index in [1.165, 1.54) is 24.3 Å². The van der Waals surface area contributed by atoms with Crippen molar-refractivity contribution in [3.8, 4) is 0 Å². The summed E-state index contributed by atoms with van der Waals surface area (Å²) in [6, 6.07) is 0.806. The molecule has 3 nitrogen and oxygen atoms in total. The van der Waals surface area contributed by atoms with Gasteiger partial charge >= 0.3 is 0 Å². The van der Waals surface area contributed by atoms with Crippen LogP contribution in [0, 0.1) is 0 Å². The van der Waals surface area contributed by atoms with Crippen molar-refractivity contribution in [1.29, 1.82) is 0 Å². The lowest BCUT2D eigenvalue weighted by molar-refractivity contribution is -0.112. The average Bonchev–Trinajstić information content (AvgIpc) is 2.85. The topological polar surface area (TPSA) is 32.3 Å². The van der Waals surface area contributed by atoms with E-state index in [1.54, 1.807) is 0 Å². The second-order valence-electron chi connectivity index (χ2n) is 4.75. The van der Waals surface area contributed by atoms with Crippen LogP contribution in [0.2, 0.25) is 0 Å². The molecular weight excluding hydrogens is 220 g/mol. The molecule has 2 atom stereocenters. The maximum absolute atomic E-state index is 11.1. The Morgan fingerprint density at radius 2 is 2.25 bits per heavy atom. The molecule has 16 heavy (non-hydrogen) atoms. The molecule has 0 saturated carbocycles. The van der Waals surface area contributed by atoms with Gasteiger partial charge in [-0.1, -0.05) is 0 Å². The fraction of sp³-hybridized carbons (Fsp3) is 0.917. The van der Waals surface area contributed by atoms with E-state index in [4.69, 9.17) is 0 Å². The minimum Gasteiger partial charge on any atom is -0.312 e. The predicted molar refractivity (Wildman–Crippen MR) is 69.0 cm³/mol. The maximum atomic E-state index is 11.1. The zero-order valence-corrected chi connectivity index (χ0v) is 10.7. The molecule has 0 bridgehead atoms. The van der Waals surface area contributed by atoms with Crippen molar-refractivity contribution >= 4 is 18.0 Å². The van der Waals surface area contributed by atoms with Crippen molar-refractivity contribution in [2.75, 3.05) is 31.1 Å². The molecule has 2 unspecified atom stereocenters. The van der Waals surface area contributed by atoms with Crippen molar-refractivity contribution in [3.63, 3.8) is 0 Å². The summed E-state index contributed by atoms with van der Waals surface area (Å²) >= 11 is 2.03. The zero-order valence-electron chi connectivity index (χ0n) is 9.86. The zero-order chi connectivity index (χ0) is 11.2. The third-order valence-electron chi connectivity index (χ3n) is 3.58. The van der Waals surface area contributed by atoms with Crippen LogP contribution in [0.1, 0.15) is 25.7 Å². The van der Waals surface area contributed by atoms with Crippen LogP contribution >= 0.6 is 11.8 Å². The lowest BCUT2D eigenvalue weighted by Crippen LogP contribution is -2.40. The van der Waals surface area contributed by atoms with Crippen molar-refractivity contribution < 1.29 is 4.79 Å². The van der Waals surface area contributed by atoms with Gasteiger partial charge < -0.3 is 10.1 Å². The fourth-order valence-electron chi connectivity index (χ4n) is 2.59. The van der Waals surface area contributed by atoms with Crippen LogP contribution in [-0.4, -0.2) is 54.4 Å². The standard InChI is InChI=1S/C12H22N2OS/c15-9-12(14-6-1-2-7-14)4-3-11-10-16-8-5-13-11/h9,11-13H,1-8,10H2. The molecule has 2 heterocycles. The Bertz CT molecular complexity index is 213. The Labute approximate surface area is 102 Å². The van der Waals surface area contributed by atoms with Gasteiger partial charge in [0.25, 0.3) is 0 Å². The summed E-state index contributed by atoms with van der Waals surface area (Å²) in [5.74, 6) is 2.45. The van der Waals surface area contributed by atoms with E-state index < -0.39 is 0 Å². The largest absolute Gasteiger partial charge is 0.312 e. The molecule has 0 amide bonds. The van der Waals surface area contributed by atoms with Crippen molar-refractivity contribution in [1.82, 2.24) is 10.2 Å². The summed E-state index contributed by atoms with van der Waals surface area (Å²) < 4.78 is 0. The van der Waals surface area contributed by atoms with Gasteiger partial charge in [0, 0.05) is 24.1 Å². The summed E-state index contributed by atoms with van der Waals surface area (Å²) in [7, 11) is 0. The van der Waals surface area contributed by atoms with E-state index in [9.17, 15) is 4.79 Å².